The second-order valence-electron chi connectivity index (χ2n) is 5.62. The number of ketones is 1. The van der Waals surface area contributed by atoms with Crippen LogP contribution in [0, 0.1) is 0 Å². The standard InChI is InChI=1S/C16H20N2O2/c1-2-18-14-8-4-3-7-12(14)13(17-18)11-15(19)16(20)9-5-6-10-16/h3-4,7-8,20H,2,5-6,9-11H2,1H3. The van der Waals surface area contributed by atoms with Gasteiger partial charge in [0.1, 0.15) is 5.60 Å². The first-order chi connectivity index (χ1) is 9.64. The molecular weight excluding hydrogens is 252 g/mol. The van der Waals surface area contributed by atoms with Crippen molar-refractivity contribution in [3.63, 3.8) is 0 Å². The average molecular weight is 272 g/mol. The van der Waals surface area contributed by atoms with Gasteiger partial charge in [-0.2, -0.15) is 5.10 Å². The van der Waals surface area contributed by atoms with E-state index >= 15 is 0 Å². The third-order valence-corrected chi connectivity index (χ3v) is 4.31. The molecule has 1 N–H and O–H groups in total. The highest BCUT2D eigenvalue weighted by Crippen LogP contribution is 2.31. The zero-order valence-electron chi connectivity index (χ0n) is 11.8. The van der Waals surface area contributed by atoms with E-state index in [1.165, 1.54) is 0 Å². The van der Waals surface area contributed by atoms with Crippen molar-refractivity contribution in [3.05, 3.63) is 30.0 Å². The van der Waals surface area contributed by atoms with Gasteiger partial charge in [0.15, 0.2) is 5.78 Å². The van der Waals surface area contributed by atoms with Crippen molar-refractivity contribution in [2.45, 2.75) is 51.2 Å². The first kappa shape index (κ1) is 13.3. The van der Waals surface area contributed by atoms with Gasteiger partial charge < -0.3 is 5.11 Å². The number of carbonyl (C=O) groups is 1. The van der Waals surface area contributed by atoms with Crippen molar-refractivity contribution in [2.24, 2.45) is 0 Å². The zero-order chi connectivity index (χ0) is 14.2. The minimum absolute atomic E-state index is 0.0819. The maximum absolute atomic E-state index is 12.4. The van der Waals surface area contributed by atoms with Crippen LogP contribution in [0.1, 0.15) is 38.3 Å². The highest BCUT2D eigenvalue weighted by atomic mass is 16.3. The van der Waals surface area contributed by atoms with E-state index in [2.05, 4.69) is 5.10 Å². The van der Waals surface area contributed by atoms with Crippen molar-refractivity contribution in [1.29, 1.82) is 0 Å². The Hall–Kier alpha value is -1.68. The topological polar surface area (TPSA) is 55.1 Å². The number of hydrogen-bond donors (Lipinski definition) is 1. The van der Waals surface area contributed by atoms with Crippen LogP contribution in [0.5, 0.6) is 0 Å². The molecule has 3 rings (SSSR count). The number of Topliss-reactive ketones (excluding diaryl/α,β-unsaturated/α-hetero) is 1. The minimum Gasteiger partial charge on any atom is -0.382 e. The van der Waals surface area contributed by atoms with E-state index in [1.54, 1.807) is 0 Å². The van der Waals surface area contributed by atoms with E-state index in [1.807, 2.05) is 35.9 Å². The Bertz CT molecular complexity index is 639. The molecule has 1 heterocycles. The molecule has 0 amide bonds. The molecule has 1 aliphatic carbocycles. The molecule has 1 aromatic carbocycles. The summed E-state index contributed by atoms with van der Waals surface area (Å²) >= 11 is 0. The van der Waals surface area contributed by atoms with Crippen LogP contribution in [-0.2, 0) is 17.8 Å². The normalized spacial score (nSPS) is 17.7. The second kappa shape index (κ2) is 5.02. The van der Waals surface area contributed by atoms with Gasteiger partial charge in [0, 0.05) is 11.9 Å². The molecule has 0 bridgehead atoms. The molecule has 0 saturated heterocycles. The van der Waals surface area contributed by atoms with Gasteiger partial charge >= 0.3 is 0 Å². The maximum Gasteiger partial charge on any atom is 0.170 e. The predicted octanol–water partition coefficient (Wildman–Crippen LogP) is 2.47. The van der Waals surface area contributed by atoms with Gasteiger partial charge in [-0.1, -0.05) is 18.2 Å². The van der Waals surface area contributed by atoms with Gasteiger partial charge in [0.25, 0.3) is 0 Å². The van der Waals surface area contributed by atoms with Crippen LogP contribution < -0.4 is 0 Å². The van der Waals surface area contributed by atoms with Gasteiger partial charge in [0.05, 0.1) is 17.6 Å². The largest absolute Gasteiger partial charge is 0.382 e. The molecule has 2 aromatic rings. The fraction of sp³-hybridized carbons (Fsp3) is 0.500. The number of rotatable bonds is 4. The molecule has 1 fully saturated rings. The Labute approximate surface area is 118 Å². The van der Waals surface area contributed by atoms with E-state index in [0.717, 1.165) is 36.0 Å². The first-order valence-corrected chi connectivity index (χ1v) is 7.34. The molecule has 0 unspecified atom stereocenters. The van der Waals surface area contributed by atoms with E-state index in [4.69, 9.17) is 0 Å². The number of hydrogen-bond acceptors (Lipinski definition) is 3. The highest BCUT2D eigenvalue weighted by Gasteiger charge is 2.38. The third kappa shape index (κ3) is 2.14. The summed E-state index contributed by atoms with van der Waals surface area (Å²) in [5.74, 6) is -0.0819. The van der Waals surface area contributed by atoms with Crippen LogP contribution in [0.3, 0.4) is 0 Å². The zero-order valence-corrected chi connectivity index (χ0v) is 11.8. The number of aliphatic hydroxyl groups is 1. The molecule has 0 atom stereocenters. The van der Waals surface area contributed by atoms with Crippen LogP contribution in [0.15, 0.2) is 24.3 Å². The number of nitrogens with zero attached hydrogens (tertiary/aromatic N) is 2. The summed E-state index contributed by atoms with van der Waals surface area (Å²) in [6.07, 6.45) is 3.29. The monoisotopic (exact) mass is 272 g/mol. The lowest BCUT2D eigenvalue weighted by atomic mass is 9.93. The Morgan fingerprint density at radius 3 is 2.75 bits per heavy atom. The van der Waals surface area contributed by atoms with Gasteiger partial charge in [-0.15, -0.1) is 0 Å². The van der Waals surface area contributed by atoms with Crippen LogP contribution in [0.25, 0.3) is 10.9 Å². The van der Waals surface area contributed by atoms with Crippen molar-refractivity contribution in [2.75, 3.05) is 0 Å². The van der Waals surface area contributed by atoms with Crippen LogP contribution in [0.2, 0.25) is 0 Å². The lowest BCUT2D eigenvalue weighted by Gasteiger charge is -2.19. The van der Waals surface area contributed by atoms with Crippen molar-refractivity contribution < 1.29 is 9.90 Å². The SMILES string of the molecule is CCn1nc(CC(=O)C2(O)CCCC2)c2ccccc21. The number of carbonyl (C=O) groups excluding carboxylic acids is 1. The Morgan fingerprint density at radius 1 is 1.35 bits per heavy atom. The molecule has 0 radical (unpaired) electrons. The molecule has 1 aromatic heterocycles. The van der Waals surface area contributed by atoms with Crippen LogP contribution in [-0.4, -0.2) is 26.3 Å². The van der Waals surface area contributed by atoms with E-state index in [0.29, 0.717) is 12.8 Å². The number of benzene rings is 1. The fourth-order valence-electron chi connectivity index (χ4n) is 3.12. The molecule has 106 valence electrons. The van der Waals surface area contributed by atoms with Crippen molar-refractivity contribution >= 4 is 16.7 Å². The van der Waals surface area contributed by atoms with E-state index < -0.39 is 5.60 Å². The Balaban J connectivity index is 1.93. The maximum atomic E-state index is 12.4. The quantitative estimate of drug-likeness (QED) is 0.930. The summed E-state index contributed by atoms with van der Waals surface area (Å²) in [5.41, 5.74) is 0.723. The predicted molar refractivity (Wildman–Crippen MR) is 77.5 cm³/mol. The van der Waals surface area contributed by atoms with E-state index in [-0.39, 0.29) is 12.2 Å². The fourth-order valence-corrected chi connectivity index (χ4v) is 3.12. The lowest BCUT2D eigenvalue weighted by Crippen LogP contribution is -2.36. The highest BCUT2D eigenvalue weighted by molar-refractivity contribution is 5.93. The summed E-state index contributed by atoms with van der Waals surface area (Å²) in [4.78, 5) is 12.4. The summed E-state index contributed by atoms with van der Waals surface area (Å²) < 4.78 is 1.91. The lowest BCUT2D eigenvalue weighted by molar-refractivity contribution is -0.136. The molecule has 4 nitrogen and oxygen atoms in total. The van der Waals surface area contributed by atoms with Crippen LogP contribution in [0.4, 0.5) is 0 Å². The van der Waals surface area contributed by atoms with Gasteiger partial charge in [-0.05, 0) is 38.7 Å². The summed E-state index contributed by atoms with van der Waals surface area (Å²) in [5, 5.41) is 15.9. The van der Waals surface area contributed by atoms with Crippen molar-refractivity contribution in [1.82, 2.24) is 9.78 Å². The van der Waals surface area contributed by atoms with Gasteiger partial charge in [-0.3, -0.25) is 9.48 Å². The Kier molecular flexibility index (Phi) is 3.34. The molecule has 4 heteroatoms. The molecule has 1 saturated carbocycles. The molecule has 0 spiro atoms. The smallest absolute Gasteiger partial charge is 0.170 e. The van der Waals surface area contributed by atoms with E-state index in [9.17, 15) is 9.90 Å². The van der Waals surface area contributed by atoms with Crippen LogP contribution >= 0.6 is 0 Å². The number of para-hydroxylation sites is 1. The van der Waals surface area contributed by atoms with Gasteiger partial charge in [0.2, 0.25) is 0 Å². The number of aromatic nitrogens is 2. The first-order valence-electron chi connectivity index (χ1n) is 7.34. The number of aryl methyl sites for hydroxylation is 1. The second-order valence-corrected chi connectivity index (χ2v) is 5.62. The molecular formula is C16H20N2O2. The minimum atomic E-state index is -1.11. The molecule has 1 aliphatic rings. The number of fused-ring (bicyclic) bond motifs is 1. The molecule has 0 aliphatic heterocycles. The summed E-state index contributed by atoms with van der Waals surface area (Å²) in [7, 11) is 0. The van der Waals surface area contributed by atoms with Crippen molar-refractivity contribution in [3.8, 4) is 0 Å². The Morgan fingerprint density at radius 2 is 2.05 bits per heavy atom. The molecule has 20 heavy (non-hydrogen) atoms. The van der Waals surface area contributed by atoms with Gasteiger partial charge in [-0.25, -0.2) is 0 Å². The average Bonchev–Trinajstić information content (AvgIpc) is 3.05. The third-order valence-electron chi connectivity index (χ3n) is 4.31. The summed E-state index contributed by atoms with van der Waals surface area (Å²) in [6, 6.07) is 7.95. The summed E-state index contributed by atoms with van der Waals surface area (Å²) in [6.45, 7) is 2.81.